The number of benzene rings is 2. The molecule has 0 spiro atoms. The molecule has 2 atom stereocenters. The molecule has 1 fully saturated rings. The van der Waals surface area contributed by atoms with Crippen molar-refractivity contribution >= 4 is 40.3 Å². The Bertz CT molecular complexity index is 1330. The van der Waals surface area contributed by atoms with Gasteiger partial charge in [0.05, 0.1) is 22.3 Å². The van der Waals surface area contributed by atoms with Crippen LogP contribution in [0.25, 0.3) is 5.69 Å². The number of thiocarbonyl (C=S) groups is 1. The van der Waals surface area contributed by atoms with Crippen LogP contribution in [0.2, 0.25) is 5.02 Å². The highest BCUT2D eigenvalue weighted by atomic mass is 35.5. The quantitative estimate of drug-likeness (QED) is 0.229. The van der Waals surface area contributed by atoms with Crippen LogP contribution < -0.4 is 10.2 Å². The molecule has 1 aliphatic heterocycles. The third-order valence-electron chi connectivity index (χ3n) is 5.60. The molecule has 0 radical (unpaired) electrons. The van der Waals surface area contributed by atoms with Crippen LogP contribution >= 0.6 is 23.8 Å². The van der Waals surface area contributed by atoms with Crippen molar-refractivity contribution in [3.8, 4) is 5.69 Å². The number of halogens is 1. The topological polar surface area (TPSA) is 76.2 Å². The molecule has 1 aliphatic rings. The predicted molar refractivity (Wildman–Crippen MR) is 132 cm³/mol. The number of nitrogens with one attached hydrogen (secondary N) is 1. The number of nitrogens with zero attached hydrogens (tertiary/aromatic N) is 4. The normalized spacial score (nSPS) is 17.7. The lowest BCUT2D eigenvalue weighted by molar-refractivity contribution is -0.384. The van der Waals surface area contributed by atoms with Crippen LogP contribution in [0.3, 0.4) is 0 Å². The van der Waals surface area contributed by atoms with E-state index in [4.69, 9.17) is 23.8 Å². The number of aromatic nitrogens is 2. The first-order chi connectivity index (χ1) is 16.0. The minimum absolute atomic E-state index is 0.0306. The van der Waals surface area contributed by atoms with Crippen molar-refractivity contribution in [1.29, 1.82) is 0 Å². The van der Waals surface area contributed by atoms with Gasteiger partial charge in [-0.1, -0.05) is 23.7 Å². The Hall–Kier alpha value is -3.75. The predicted octanol–water partition coefficient (Wildman–Crippen LogP) is 5.61. The number of nitro benzene ring substituents is 1. The first-order valence-electron chi connectivity index (χ1n) is 10.2. The van der Waals surface area contributed by atoms with E-state index in [1.807, 2.05) is 76.3 Å². The molecule has 164 valence electrons. The summed E-state index contributed by atoms with van der Waals surface area (Å²) >= 11 is 11.9. The molecule has 1 saturated heterocycles. The summed E-state index contributed by atoms with van der Waals surface area (Å²) < 4.78 is 1.95. The van der Waals surface area contributed by atoms with Crippen LogP contribution in [-0.2, 0) is 0 Å². The number of hydrogen-bond donors (Lipinski definition) is 1. The van der Waals surface area contributed by atoms with Gasteiger partial charge in [-0.15, -0.1) is 0 Å². The molecular formula is C24H18ClN5O2S. The van der Waals surface area contributed by atoms with Crippen molar-refractivity contribution in [2.24, 2.45) is 0 Å². The Morgan fingerprint density at radius 3 is 2.55 bits per heavy atom. The van der Waals surface area contributed by atoms with Crippen LogP contribution in [0.15, 0.2) is 91.3 Å². The van der Waals surface area contributed by atoms with E-state index in [1.165, 1.54) is 6.07 Å². The van der Waals surface area contributed by atoms with E-state index in [0.29, 0.717) is 15.8 Å². The minimum atomic E-state index is -0.393. The average molecular weight is 476 g/mol. The van der Waals surface area contributed by atoms with Gasteiger partial charge in [0.2, 0.25) is 0 Å². The van der Waals surface area contributed by atoms with Gasteiger partial charge in [-0.2, -0.15) is 0 Å². The summed E-state index contributed by atoms with van der Waals surface area (Å²) in [7, 11) is 0. The number of rotatable bonds is 5. The number of pyridine rings is 1. The highest BCUT2D eigenvalue weighted by molar-refractivity contribution is 7.80. The molecule has 3 heterocycles. The number of anilines is 1. The van der Waals surface area contributed by atoms with Gasteiger partial charge in [-0.25, -0.2) is 0 Å². The maximum Gasteiger partial charge on any atom is 0.271 e. The molecule has 0 unspecified atom stereocenters. The van der Waals surface area contributed by atoms with E-state index < -0.39 is 4.92 Å². The van der Waals surface area contributed by atoms with Crippen LogP contribution in [0.4, 0.5) is 11.4 Å². The van der Waals surface area contributed by atoms with Crippen molar-refractivity contribution in [2.75, 3.05) is 4.90 Å². The van der Waals surface area contributed by atoms with Gasteiger partial charge in [-0.05, 0) is 66.8 Å². The SMILES string of the molecule is O=[N+]([O-])c1cccc(-n2cccc2[C@@H]2[C@@H](c3ccccn3)NC(=S)N2c2ccc(Cl)cc2)c1. The fourth-order valence-corrected chi connectivity index (χ4v) is 4.63. The molecule has 5 rings (SSSR count). The lowest BCUT2D eigenvalue weighted by Crippen LogP contribution is -2.30. The molecule has 9 heteroatoms. The van der Waals surface area contributed by atoms with E-state index >= 15 is 0 Å². The second-order valence-corrected chi connectivity index (χ2v) is 8.38. The van der Waals surface area contributed by atoms with Gasteiger partial charge in [0.25, 0.3) is 5.69 Å². The van der Waals surface area contributed by atoms with Crippen molar-refractivity contribution < 1.29 is 4.92 Å². The average Bonchev–Trinajstić information content (AvgIpc) is 3.44. The molecule has 7 nitrogen and oxygen atoms in total. The monoisotopic (exact) mass is 475 g/mol. The summed E-state index contributed by atoms with van der Waals surface area (Å²) in [4.78, 5) is 17.6. The second kappa shape index (κ2) is 8.65. The van der Waals surface area contributed by atoms with Gasteiger partial charge in [0.15, 0.2) is 5.11 Å². The Morgan fingerprint density at radius 1 is 1.00 bits per heavy atom. The lowest BCUT2D eigenvalue weighted by Gasteiger charge is -2.29. The fraction of sp³-hybridized carbons (Fsp3) is 0.0833. The molecule has 0 amide bonds. The van der Waals surface area contributed by atoms with E-state index in [9.17, 15) is 10.1 Å². The summed E-state index contributed by atoms with van der Waals surface area (Å²) in [6.07, 6.45) is 3.65. The Kier molecular flexibility index (Phi) is 5.53. The Labute approximate surface area is 200 Å². The molecule has 0 saturated carbocycles. The first-order valence-corrected chi connectivity index (χ1v) is 11.0. The molecule has 33 heavy (non-hydrogen) atoms. The summed E-state index contributed by atoms with van der Waals surface area (Å²) in [6.45, 7) is 0. The summed E-state index contributed by atoms with van der Waals surface area (Å²) in [5, 5.41) is 16.0. The molecule has 0 aliphatic carbocycles. The second-order valence-electron chi connectivity index (χ2n) is 7.55. The largest absolute Gasteiger partial charge is 0.351 e. The van der Waals surface area contributed by atoms with Gasteiger partial charge in [-0.3, -0.25) is 15.1 Å². The molecule has 4 aromatic rings. The molecular weight excluding hydrogens is 458 g/mol. The van der Waals surface area contributed by atoms with E-state index in [-0.39, 0.29) is 17.8 Å². The minimum Gasteiger partial charge on any atom is -0.351 e. The van der Waals surface area contributed by atoms with Crippen LogP contribution in [0.1, 0.15) is 23.5 Å². The van der Waals surface area contributed by atoms with Gasteiger partial charge in [0.1, 0.15) is 6.04 Å². The van der Waals surface area contributed by atoms with Crippen molar-refractivity contribution in [3.05, 3.63) is 118 Å². The van der Waals surface area contributed by atoms with Gasteiger partial charge < -0.3 is 14.8 Å². The van der Waals surface area contributed by atoms with Crippen molar-refractivity contribution in [3.63, 3.8) is 0 Å². The van der Waals surface area contributed by atoms with Crippen molar-refractivity contribution in [1.82, 2.24) is 14.9 Å². The smallest absolute Gasteiger partial charge is 0.271 e. The highest BCUT2D eigenvalue weighted by Gasteiger charge is 2.42. The summed E-state index contributed by atoms with van der Waals surface area (Å²) in [5.74, 6) is 0. The third kappa shape index (κ3) is 3.94. The molecule has 1 N–H and O–H groups in total. The zero-order chi connectivity index (χ0) is 22.9. The number of nitro groups is 1. The summed E-state index contributed by atoms with van der Waals surface area (Å²) in [5.41, 5.74) is 3.36. The van der Waals surface area contributed by atoms with Crippen molar-refractivity contribution in [2.45, 2.75) is 12.1 Å². The maximum absolute atomic E-state index is 11.4. The first kappa shape index (κ1) is 21.1. The summed E-state index contributed by atoms with van der Waals surface area (Å²) in [6, 6.07) is 23.3. The highest BCUT2D eigenvalue weighted by Crippen LogP contribution is 2.42. The number of non-ortho nitro benzene ring substituents is 1. The van der Waals surface area contributed by atoms with Gasteiger partial charge >= 0.3 is 0 Å². The van der Waals surface area contributed by atoms with E-state index in [2.05, 4.69) is 10.3 Å². The molecule has 0 bridgehead atoms. The van der Waals surface area contributed by atoms with E-state index in [0.717, 1.165) is 17.1 Å². The molecule has 2 aromatic carbocycles. The Morgan fingerprint density at radius 2 is 1.82 bits per heavy atom. The zero-order valence-corrected chi connectivity index (χ0v) is 18.8. The standard InChI is InChI=1S/C24H18ClN5O2S/c25-16-9-11-17(12-10-16)29-23(22(27-24(29)33)20-7-1-2-13-26-20)21-8-4-14-28(21)18-5-3-6-19(15-18)30(31)32/h1-15,22-23H,(H,27,33)/t22-,23-/m1/s1. The maximum atomic E-state index is 11.4. The van der Waals surface area contributed by atoms with Crippen LogP contribution in [0.5, 0.6) is 0 Å². The number of hydrogen-bond acceptors (Lipinski definition) is 4. The van der Waals surface area contributed by atoms with Crippen LogP contribution in [-0.4, -0.2) is 19.6 Å². The zero-order valence-electron chi connectivity index (χ0n) is 17.2. The molecule has 2 aromatic heterocycles. The fourth-order valence-electron chi connectivity index (χ4n) is 4.16. The Balaban J connectivity index is 1.66. The third-order valence-corrected chi connectivity index (χ3v) is 6.17. The lowest BCUT2D eigenvalue weighted by atomic mass is 10.0. The van der Waals surface area contributed by atoms with Gasteiger partial charge in [0, 0.05) is 40.9 Å². The van der Waals surface area contributed by atoms with E-state index in [1.54, 1.807) is 18.3 Å². The van der Waals surface area contributed by atoms with Crippen LogP contribution in [0, 0.1) is 10.1 Å².